The summed E-state index contributed by atoms with van der Waals surface area (Å²) in [6.07, 6.45) is 16.2. The van der Waals surface area contributed by atoms with Crippen molar-refractivity contribution in [3.05, 3.63) is 12.2 Å². The molecule has 0 bridgehead atoms. The van der Waals surface area contributed by atoms with Crippen molar-refractivity contribution in [3.63, 3.8) is 0 Å². The van der Waals surface area contributed by atoms with Crippen LogP contribution < -0.4 is 0 Å². The first-order valence-corrected chi connectivity index (χ1v) is 10.1. The largest absolute Gasteiger partial charge is 0.0857 e. The van der Waals surface area contributed by atoms with Crippen LogP contribution in [0.5, 0.6) is 0 Å². The number of rotatable bonds is 13. The van der Waals surface area contributed by atoms with Crippen molar-refractivity contribution in [1.82, 2.24) is 0 Å². The van der Waals surface area contributed by atoms with Gasteiger partial charge in [-0.25, -0.2) is 0 Å². The standard InChI is InChI=1S/C22H44/c1-8-9-10-11-12-13-14-22(17-21(7)19(4)5)20(6)16-15-18(2)3/h15-16,18-22H,8-14,17H2,1-7H3. The van der Waals surface area contributed by atoms with E-state index < -0.39 is 0 Å². The molecule has 22 heavy (non-hydrogen) atoms. The van der Waals surface area contributed by atoms with Crippen LogP contribution in [0.3, 0.4) is 0 Å². The molecular weight excluding hydrogens is 264 g/mol. The smallest absolute Gasteiger partial charge is 0.0233 e. The van der Waals surface area contributed by atoms with E-state index in [0.29, 0.717) is 5.92 Å². The Morgan fingerprint density at radius 3 is 1.86 bits per heavy atom. The summed E-state index contributed by atoms with van der Waals surface area (Å²) < 4.78 is 0. The summed E-state index contributed by atoms with van der Waals surface area (Å²) in [4.78, 5) is 0. The lowest BCUT2D eigenvalue weighted by atomic mass is 9.79. The van der Waals surface area contributed by atoms with Crippen molar-refractivity contribution in [2.24, 2.45) is 29.6 Å². The highest BCUT2D eigenvalue weighted by Crippen LogP contribution is 2.30. The van der Waals surface area contributed by atoms with E-state index in [4.69, 9.17) is 0 Å². The lowest BCUT2D eigenvalue weighted by Gasteiger charge is -2.27. The molecule has 0 saturated heterocycles. The highest BCUT2D eigenvalue weighted by Gasteiger charge is 2.19. The highest BCUT2D eigenvalue weighted by atomic mass is 14.2. The minimum Gasteiger partial charge on any atom is -0.0857 e. The minimum absolute atomic E-state index is 0.680. The van der Waals surface area contributed by atoms with Crippen LogP contribution >= 0.6 is 0 Å². The Morgan fingerprint density at radius 2 is 1.32 bits per heavy atom. The van der Waals surface area contributed by atoms with Crippen LogP contribution in [0.2, 0.25) is 0 Å². The van der Waals surface area contributed by atoms with Crippen molar-refractivity contribution < 1.29 is 0 Å². The molecule has 0 heterocycles. The van der Waals surface area contributed by atoms with E-state index in [1.165, 1.54) is 51.4 Å². The van der Waals surface area contributed by atoms with Crippen molar-refractivity contribution in [2.75, 3.05) is 0 Å². The lowest BCUT2D eigenvalue weighted by molar-refractivity contribution is 0.262. The third-order valence-electron chi connectivity index (χ3n) is 5.28. The maximum absolute atomic E-state index is 2.49. The molecule has 0 rings (SSSR count). The van der Waals surface area contributed by atoms with Crippen molar-refractivity contribution in [1.29, 1.82) is 0 Å². The van der Waals surface area contributed by atoms with E-state index >= 15 is 0 Å². The Bertz CT molecular complexity index is 261. The fraction of sp³-hybridized carbons (Fsp3) is 0.909. The fourth-order valence-corrected chi connectivity index (χ4v) is 3.09. The van der Waals surface area contributed by atoms with Gasteiger partial charge in [-0.3, -0.25) is 0 Å². The van der Waals surface area contributed by atoms with Crippen LogP contribution in [-0.2, 0) is 0 Å². The highest BCUT2D eigenvalue weighted by molar-refractivity contribution is 4.91. The summed E-state index contributed by atoms with van der Waals surface area (Å²) in [5.74, 6) is 3.95. The van der Waals surface area contributed by atoms with Gasteiger partial charge in [0, 0.05) is 0 Å². The average molecular weight is 309 g/mol. The Morgan fingerprint density at radius 1 is 0.727 bits per heavy atom. The van der Waals surface area contributed by atoms with E-state index in [1.807, 2.05) is 0 Å². The molecule has 0 N–H and O–H groups in total. The van der Waals surface area contributed by atoms with Gasteiger partial charge in [0.1, 0.15) is 0 Å². The Balaban J connectivity index is 4.33. The van der Waals surface area contributed by atoms with Gasteiger partial charge in [0.2, 0.25) is 0 Å². The Labute approximate surface area is 142 Å². The number of hydrogen-bond acceptors (Lipinski definition) is 0. The maximum Gasteiger partial charge on any atom is -0.0233 e. The molecule has 0 amide bonds. The van der Waals surface area contributed by atoms with E-state index in [9.17, 15) is 0 Å². The molecule has 3 atom stereocenters. The fourth-order valence-electron chi connectivity index (χ4n) is 3.09. The molecule has 0 aromatic heterocycles. The molecule has 132 valence electrons. The molecule has 0 heteroatoms. The molecule has 0 aliphatic heterocycles. The van der Waals surface area contributed by atoms with E-state index in [-0.39, 0.29) is 0 Å². The predicted molar refractivity (Wildman–Crippen MR) is 103 cm³/mol. The molecule has 0 aliphatic carbocycles. The summed E-state index contributed by atoms with van der Waals surface area (Å²) in [6.45, 7) is 16.5. The van der Waals surface area contributed by atoms with Crippen molar-refractivity contribution >= 4 is 0 Å². The Kier molecular flexibility index (Phi) is 13.0. The van der Waals surface area contributed by atoms with Gasteiger partial charge in [-0.15, -0.1) is 0 Å². The molecule has 0 fully saturated rings. The van der Waals surface area contributed by atoms with E-state index in [0.717, 1.165) is 23.7 Å². The number of hydrogen-bond donors (Lipinski definition) is 0. The molecule has 0 nitrogen and oxygen atoms in total. The first kappa shape index (κ1) is 21.7. The van der Waals surface area contributed by atoms with Gasteiger partial charge in [-0.2, -0.15) is 0 Å². The van der Waals surface area contributed by atoms with Gasteiger partial charge in [0.15, 0.2) is 0 Å². The van der Waals surface area contributed by atoms with Crippen LogP contribution in [0, 0.1) is 29.6 Å². The zero-order valence-electron chi connectivity index (χ0n) is 16.7. The zero-order valence-corrected chi connectivity index (χ0v) is 16.7. The third-order valence-corrected chi connectivity index (χ3v) is 5.28. The van der Waals surface area contributed by atoms with Gasteiger partial charge in [-0.05, 0) is 42.4 Å². The van der Waals surface area contributed by atoms with Crippen molar-refractivity contribution in [3.8, 4) is 0 Å². The summed E-state index contributed by atoms with van der Waals surface area (Å²) in [7, 11) is 0. The predicted octanol–water partition coefficient (Wildman–Crippen LogP) is 7.88. The lowest BCUT2D eigenvalue weighted by Crippen LogP contribution is -2.17. The molecule has 0 saturated carbocycles. The van der Waals surface area contributed by atoms with Gasteiger partial charge in [0.05, 0.1) is 0 Å². The molecule has 0 spiro atoms. The second kappa shape index (κ2) is 13.2. The monoisotopic (exact) mass is 308 g/mol. The number of allylic oxidation sites excluding steroid dienone is 2. The normalized spacial score (nSPS) is 16.6. The second-order valence-electron chi connectivity index (χ2n) is 8.26. The number of unbranched alkanes of at least 4 members (excludes halogenated alkanes) is 5. The molecular formula is C22H44. The zero-order chi connectivity index (χ0) is 17.0. The molecule has 0 aromatic carbocycles. The first-order chi connectivity index (χ1) is 10.4. The van der Waals surface area contributed by atoms with Crippen LogP contribution in [0.4, 0.5) is 0 Å². The maximum atomic E-state index is 2.49. The molecule has 0 aliphatic rings. The van der Waals surface area contributed by atoms with E-state index in [2.05, 4.69) is 60.6 Å². The summed E-state index contributed by atoms with van der Waals surface area (Å²) in [5.41, 5.74) is 0. The van der Waals surface area contributed by atoms with Crippen LogP contribution in [-0.4, -0.2) is 0 Å². The van der Waals surface area contributed by atoms with Crippen LogP contribution in [0.15, 0.2) is 12.2 Å². The van der Waals surface area contributed by atoms with Gasteiger partial charge in [0.25, 0.3) is 0 Å². The Hall–Kier alpha value is -0.260. The van der Waals surface area contributed by atoms with Crippen LogP contribution in [0.25, 0.3) is 0 Å². The van der Waals surface area contributed by atoms with Gasteiger partial charge >= 0.3 is 0 Å². The molecule has 0 radical (unpaired) electrons. The molecule has 3 unspecified atom stereocenters. The second-order valence-corrected chi connectivity index (χ2v) is 8.26. The van der Waals surface area contributed by atoms with Crippen molar-refractivity contribution in [2.45, 2.75) is 99.8 Å². The molecule has 0 aromatic rings. The topological polar surface area (TPSA) is 0 Å². The first-order valence-electron chi connectivity index (χ1n) is 10.1. The SMILES string of the molecule is CCCCCCCCC(CC(C)C(C)C)C(C)C=CC(C)C. The summed E-state index contributed by atoms with van der Waals surface area (Å²) in [6, 6.07) is 0. The van der Waals surface area contributed by atoms with Crippen LogP contribution in [0.1, 0.15) is 99.8 Å². The van der Waals surface area contributed by atoms with E-state index in [1.54, 1.807) is 0 Å². The van der Waals surface area contributed by atoms with Gasteiger partial charge in [-0.1, -0.05) is 99.1 Å². The third kappa shape index (κ3) is 11.3. The average Bonchev–Trinajstić information content (AvgIpc) is 2.46. The minimum atomic E-state index is 0.680. The van der Waals surface area contributed by atoms with Gasteiger partial charge < -0.3 is 0 Å². The quantitative estimate of drug-likeness (QED) is 0.240. The summed E-state index contributed by atoms with van der Waals surface area (Å²) in [5, 5.41) is 0. The summed E-state index contributed by atoms with van der Waals surface area (Å²) >= 11 is 0.